The van der Waals surface area contributed by atoms with E-state index in [1.807, 2.05) is 12.1 Å². The molecule has 1 aromatic rings. The highest BCUT2D eigenvalue weighted by Gasteiger charge is 2.29. The molecule has 124 valence electrons. The lowest BCUT2D eigenvalue weighted by Crippen LogP contribution is -2.20. The Morgan fingerprint density at radius 1 is 1.09 bits per heavy atom. The van der Waals surface area contributed by atoms with E-state index in [9.17, 15) is 10.3 Å². The van der Waals surface area contributed by atoms with E-state index in [0.29, 0.717) is 5.75 Å². The monoisotopic (exact) mass is 305 g/mol. The largest absolute Gasteiger partial charge is 0.624 e. The molecule has 1 rings (SSSR count). The van der Waals surface area contributed by atoms with Crippen molar-refractivity contribution >= 4 is 6.72 Å². The summed E-state index contributed by atoms with van der Waals surface area (Å²) in [7, 11) is 0. The van der Waals surface area contributed by atoms with Crippen molar-refractivity contribution in [3.63, 3.8) is 0 Å². The van der Waals surface area contributed by atoms with Gasteiger partial charge in [0.1, 0.15) is 12.5 Å². The molecule has 0 amide bonds. The van der Waals surface area contributed by atoms with Gasteiger partial charge in [-0.25, -0.2) is 4.74 Å². The Labute approximate surface area is 135 Å². The van der Waals surface area contributed by atoms with Crippen LogP contribution in [0.25, 0.3) is 0 Å². The third-order valence-electron chi connectivity index (χ3n) is 4.04. The molecule has 0 aliphatic carbocycles. The highest BCUT2D eigenvalue weighted by Crippen LogP contribution is 2.41. The lowest BCUT2D eigenvalue weighted by Gasteiger charge is -2.29. The van der Waals surface area contributed by atoms with Crippen LogP contribution in [0.3, 0.4) is 0 Å². The summed E-state index contributed by atoms with van der Waals surface area (Å²) in [4.78, 5) is 0. The minimum atomic E-state index is -0.271. The van der Waals surface area contributed by atoms with Crippen LogP contribution in [-0.4, -0.2) is 16.6 Å². The van der Waals surface area contributed by atoms with Gasteiger partial charge in [-0.15, -0.1) is 0 Å². The zero-order valence-electron chi connectivity index (χ0n) is 15.2. The summed E-state index contributed by atoms with van der Waals surface area (Å²) in [6.45, 7) is 18.1. The Hall–Kier alpha value is -1.51. The Morgan fingerprint density at radius 2 is 1.50 bits per heavy atom. The van der Waals surface area contributed by atoms with Gasteiger partial charge in [-0.2, -0.15) is 0 Å². The minimum absolute atomic E-state index is 0.189. The standard InChI is InChI=1S/C19H31NO2/c1-9-10-16(20(8)22)13-11-14(18(2,3)4)17(21)15(12-13)19(5,6)7/h11-12,16,21H,8-10H2,1-7H3. The minimum Gasteiger partial charge on any atom is -0.624 e. The second kappa shape index (κ2) is 6.31. The molecule has 1 N–H and O–H groups in total. The van der Waals surface area contributed by atoms with E-state index in [1.54, 1.807) is 0 Å². The van der Waals surface area contributed by atoms with Gasteiger partial charge in [-0.1, -0.05) is 48.5 Å². The molecule has 0 heterocycles. The fourth-order valence-electron chi connectivity index (χ4n) is 2.74. The molecule has 1 unspecified atom stereocenters. The van der Waals surface area contributed by atoms with E-state index in [2.05, 4.69) is 55.2 Å². The zero-order valence-corrected chi connectivity index (χ0v) is 15.2. The van der Waals surface area contributed by atoms with Gasteiger partial charge in [0.15, 0.2) is 6.04 Å². The average Bonchev–Trinajstić information content (AvgIpc) is 2.33. The first-order valence-electron chi connectivity index (χ1n) is 8.04. The van der Waals surface area contributed by atoms with E-state index in [0.717, 1.165) is 34.3 Å². The normalized spacial score (nSPS) is 14.0. The molecule has 0 saturated heterocycles. The summed E-state index contributed by atoms with van der Waals surface area (Å²) >= 11 is 0. The Balaban J connectivity index is 3.63. The maximum Gasteiger partial charge on any atom is 0.187 e. The number of hydrogen-bond donors (Lipinski definition) is 1. The number of hydrogen-bond acceptors (Lipinski definition) is 2. The third-order valence-corrected chi connectivity index (χ3v) is 4.04. The first-order chi connectivity index (χ1) is 9.89. The summed E-state index contributed by atoms with van der Waals surface area (Å²) < 4.78 is 0.786. The number of phenolic OH excluding ortho intramolecular Hbond substituents is 1. The highest BCUT2D eigenvalue weighted by atomic mass is 16.5. The van der Waals surface area contributed by atoms with Gasteiger partial charge in [0, 0.05) is 23.1 Å². The van der Waals surface area contributed by atoms with E-state index in [4.69, 9.17) is 0 Å². The molecule has 3 heteroatoms. The second-order valence-electron chi connectivity index (χ2n) is 8.19. The topological polar surface area (TPSA) is 46.3 Å². The Bertz CT molecular complexity index is 513. The van der Waals surface area contributed by atoms with Gasteiger partial charge in [-0.3, -0.25) is 0 Å². The molecule has 0 spiro atoms. The van der Waals surface area contributed by atoms with E-state index in [1.165, 1.54) is 0 Å². The van der Waals surface area contributed by atoms with E-state index >= 15 is 0 Å². The van der Waals surface area contributed by atoms with Crippen LogP contribution >= 0.6 is 0 Å². The van der Waals surface area contributed by atoms with E-state index < -0.39 is 0 Å². The molecule has 1 aromatic carbocycles. The van der Waals surface area contributed by atoms with Crippen LogP contribution in [-0.2, 0) is 10.8 Å². The van der Waals surface area contributed by atoms with Gasteiger partial charge < -0.3 is 10.3 Å². The van der Waals surface area contributed by atoms with Crippen LogP contribution in [0.5, 0.6) is 5.75 Å². The average molecular weight is 305 g/mol. The van der Waals surface area contributed by atoms with Crippen molar-refractivity contribution in [3.8, 4) is 5.75 Å². The molecule has 1 atom stereocenters. The van der Waals surface area contributed by atoms with Crippen LogP contribution in [0.2, 0.25) is 0 Å². The van der Waals surface area contributed by atoms with Gasteiger partial charge in [-0.05, 0) is 29.4 Å². The summed E-state index contributed by atoms with van der Waals surface area (Å²) in [5, 5.41) is 22.6. The predicted octanol–water partition coefficient (Wildman–Crippen LogP) is 5.04. The predicted molar refractivity (Wildman–Crippen MR) is 93.9 cm³/mol. The van der Waals surface area contributed by atoms with Crippen LogP contribution in [0.15, 0.2) is 12.1 Å². The first kappa shape index (κ1) is 18.5. The van der Waals surface area contributed by atoms with E-state index in [-0.39, 0.29) is 16.9 Å². The van der Waals surface area contributed by atoms with Crippen molar-refractivity contribution in [1.29, 1.82) is 0 Å². The maximum absolute atomic E-state index is 11.9. The van der Waals surface area contributed by atoms with Crippen molar-refractivity contribution in [2.24, 2.45) is 0 Å². The Kier molecular flexibility index (Phi) is 5.32. The summed E-state index contributed by atoms with van der Waals surface area (Å²) in [6.07, 6.45) is 1.67. The molecular weight excluding hydrogens is 274 g/mol. The lowest BCUT2D eigenvalue weighted by molar-refractivity contribution is -0.500. The summed E-state index contributed by atoms with van der Waals surface area (Å²) in [5.41, 5.74) is 2.34. The highest BCUT2D eigenvalue weighted by molar-refractivity contribution is 5.50. The number of hydroxylamine groups is 1. The first-order valence-corrected chi connectivity index (χ1v) is 8.04. The van der Waals surface area contributed by atoms with Crippen LogP contribution in [0, 0.1) is 5.21 Å². The van der Waals surface area contributed by atoms with Crippen molar-refractivity contribution in [2.75, 3.05) is 0 Å². The fourth-order valence-corrected chi connectivity index (χ4v) is 2.74. The SMILES string of the molecule is C=[N+]([O-])C(CCC)c1cc(C(C)(C)C)c(O)c(C(C)(C)C)c1. The van der Waals surface area contributed by atoms with Crippen LogP contribution in [0.1, 0.15) is 84.0 Å². The van der Waals surface area contributed by atoms with Crippen molar-refractivity contribution in [3.05, 3.63) is 34.0 Å². The summed E-state index contributed by atoms with van der Waals surface area (Å²) in [5.74, 6) is 0.348. The van der Waals surface area contributed by atoms with Gasteiger partial charge >= 0.3 is 0 Å². The fraction of sp³-hybridized carbons (Fsp3) is 0.632. The number of rotatable bonds is 4. The molecular formula is C19H31NO2. The lowest BCUT2D eigenvalue weighted by atomic mass is 9.77. The van der Waals surface area contributed by atoms with Gasteiger partial charge in [0.25, 0.3) is 0 Å². The summed E-state index contributed by atoms with van der Waals surface area (Å²) in [6, 6.07) is 3.68. The smallest absolute Gasteiger partial charge is 0.187 e. The van der Waals surface area contributed by atoms with Crippen LogP contribution in [0.4, 0.5) is 0 Å². The quantitative estimate of drug-likeness (QED) is 0.366. The van der Waals surface area contributed by atoms with Crippen molar-refractivity contribution in [2.45, 2.75) is 78.2 Å². The van der Waals surface area contributed by atoms with Crippen LogP contribution < -0.4 is 0 Å². The molecule has 0 aromatic heterocycles. The molecule has 0 radical (unpaired) electrons. The zero-order chi connectivity index (χ0) is 17.3. The Morgan fingerprint density at radius 3 is 1.77 bits per heavy atom. The molecule has 0 bridgehead atoms. The number of benzene rings is 1. The van der Waals surface area contributed by atoms with Crippen molar-refractivity contribution < 1.29 is 9.85 Å². The third kappa shape index (κ3) is 4.02. The molecule has 3 nitrogen and oxygen atoms in total. The number of nitrogens with zero attached hydrogens (tertiary/aromatic N) is 1. The number of aromatic hydroxyl groups is 1. The maximum atomic E-state index is 11.9. The molecule has 0 aliphatic heterocycles. The molecule has 22 heavy (non-hydrogen) atoms. The molecule has 0 fully saturated rings. The second-order valence-corrected chi connectivity index (χ2v) is 8.19. The number of phenols is 1. The van der Waals surface area contributed by atoms with Gasteiger partial charge in [0.2, 0.25) is 0 Å². The van der Waals surface area contributed by atoms with Gasteiger partial charge in [0.05, 0.1) is 0 Å². The van der Waals surface area contributed by atoms with Crippen molar-refractivity contribution in [1.82, 2.24) is 0 Å². The molecule has 0 aliphatic rings. The molecule has 0 saturated carbocycles.